The summed E-state index contributed by atoms with van der Waals surface area (Å²) in [5.41, 5.74) is 0.510. The van der Waals surface area contributed by atoms with Gasteiger partial charge < -0.3 is 9.84 Å². The van der Waals surface area contributed by atoms with Crippen LogP contribution in [0.3, 0.4) is 0 Å². The Morgan fingerprint density at radius 1 is 1.71 bits per heavy atom. The Hall–Kier alpha value is -0.580. The summed E-state index contributed by atoms with van der Waals surface area (Å²) >= 11 is 6.98. The second kappa shape index (κ2) is 5.34. The molecular formula is C9H11ClO3S. The van der Waals surface area contributed by atoms with E-state index in [1.807, 2.05) is 0 Å². The van der Waals surface area contributed by atoms with Crippen LogP contribution in [-0.2, 0) is 0 Å². The highest BCUT2D eigenvalue weighted by Crippen LogP contribution is 2.34. The highest BCUT2D eigenvalue weighted by Gasteiger charge is 2.14. The summed E-state index contributed by atoms with van der Waals surface area (Å²) in [6.07, 6.45) is 0.419. The fraction of sp³-hybridized carbons (Fsp3) is 0.444. The predicted molar refractivity (Wildman–Crippen MR) is 56.5 cm³/mol. The average molecular weight is 235 g/mol. The first-order valence-electron chi connectivity index (χ1n) is 4.25. The van der Waals surface area contributed by atoms with Gasteiger partial charge in [0.25, 0.3) is 0 Å². The first kappa shape index (κ1) is 11.5. The van der Waals surface area contributed by atoms with Crippen LogP contribution in [0.2, 0.25) is 4.34 Å². The summed E-state index contributed by atoms with van der Waals surface area (Å²) < 4.78 is 5.72. The van der Waals surface area contributed by atoms with Crippen LogP contribution in [0.5, 0.6) is 5.06 Å². The number of ketones is 1. The zero-order chi connectivity index (χ0) is 10.6. The van der Waals surface area contributed by atoms with Crippen LogP contribution in [0.1, 0.15) is 23.7 Å². The molecule has 14 heavy (non-hydrogen) atoms. The molecule has 3 nitrogen and oxygen atoms in total. The molecule has 1 heterocycles. The van der Waals surface area contributed by atoms with Crippen LogP contribution in [-0.4, -0.2) is 24.1 Å². The van der Waals surface area contributed by atoms with Gasteiger partial charge in [-0.1, -0.05) is 29.9 Å². The Morgan fingerprint density at radius 2 is 2.43 bits per heavy atom. The number of aliphatic hydroxyl groups excluding tert-OH is 1. The van der Waals surface area contributed by atoms with E-state index in [1.165, 1.54) is 11.3 Å². The van der Waals surface area contributed by atoms with E-state index in [0.29, 0.717) is 21.4 Å². The molecule has 0 bridgehead atoms. The van der Waals surface area contributed by atoms with Crippen molar-refractivity contribution in [1.82, 2.24) is 0 Å². The van der Waals surface area contributed by atoms with Gasteiger partial charge in [-0.2, -0.15) is 0 Å². The molecule has 0 aliphatic heterocycles. The van der Waals surface area contributed by atoms with Crippen molar-refractivity contribution in [2.75, 3.05) is 13.2 Å². The predicted octanol–water partition coefficient (Wildman–Crippen LogP) is 2.37. The van der Waals surface area contributed by atoms with Crippen molar-refractivity contribution in [2.45, 2.75) is 13.3 Å². The summed E-state index contributed by atoms with van der Waals surface area (Å²) in [7, 11) is 0. The van der Waals surface area contributed by atoms with Crippen LogP contribution in [0.15, 0.2) is 6.07 Å². The Morgan fingerprint density at radius 3 is 3.00 bits per heavy atom. The van der Waals surface area contributed by atoms with Crippen molar-refractivity contribution < 1.29 is 14.6 Å². The van der Waals surface area contributed by atoms with E-state index in [2.05, 4.69) is 0 Å². The lowest BCUT2D eigenvalue weighted by Crippen LogP contribution is -2.04. The lowest BCUT2D eigenvalue weighted by Gasteiger charge is -2.02. The van der Waals surface area contributed by atoms with E-state index in [0.717, 1.165) is 0 Å². The molecule has 1 rings (SSSR count). The molecule has 78 valence electrons. The van der Waals surface area contributed by atoms with Crippen molar-refractivity contribution >= 4 is 28.7 Å². The summed E-state index contributed by atoms with van der Waals surface area (Å²) in [6, 6.07) is 1.60. The summed E-state index contributed by atoms with van der Waals surface area (Å²) in [5, 5.41) is 9.08. The van der Waals surface area contributed by atoms with Gasteiger partial charge >= 0.3 is 0 Å². The summed E-state index contributed by atoms with van der Waals surface area (Å²) in [6.45, 7) is 1.89. The number of hydrogen-bond donors (Lipinski definition) is 1. The summed E-state index contributed by atoms with van der Waals surface area (Å²) in [4.78, 5) is 11.4. The first-order chi connectivity index (χ1) is 6.69. The van der Waals surface area contributed by atoms with Crippen molar-refractivity contribution in [1.29, 1.82) is 0 Å². The zero-order valence-corrected chi connectivity index (χ0v) is 9.32. The Bertz CT molecular complexity index is 322. The fourth-order valence-corrected chi connectivity index (χ4v) is 2.07. The first-order valence-corrected chi connectivity index (χ1v) is 5.44. The van der Waals surface area contributed by atoms with Crippen molar-refractivity contribution in [3.63, 3.8) is 0 Å². The molecule has 0 radical (unpaired) electrons. The minimum Gasteiger partial charge on any atom is -0.481 e. The van der Waals surface area contributed by atoms with Crippen LogP contribution in [0.4, 0.5) is 0 Å². The van der Waals surface area contributed by atoms with E-state index in [9.17, 15) is 4.79 Å². The fourth-order valence-electron chi connectivity index (χ4n) is 0.976. The normalized spacial score (nSPS) is 10.2. The second-order valence-electron chi connectivity index (χ2n) is 2.60. The minimum absolute atomic E-state index is 0.00101. The van der Waals surface area contributed by atoms with Gasteiger partial charge in [0.05, 0.1) is 16.5 Å². The van der Waals surface area contributed by atoms with Crippen LogP contribution >= 0.6 is 22.9 Å². The maximum Gasteiger partial charge on any atom is 0.186 e. The molecule has 1 N–H and O–H groups in total. The van der Waals surface area contributed by atoms with Gasteiger partial charge in [0.1, 0.15) is 6.61 Å². The van der Waals surface area contributed by atoms with Crippen molar-refractivity contribution in [3.8, 4) is 5.06 Å². The maximum atomic E-state index is 11.4. The zero-order valence-electron chi connectivity index (χ0n) is 7.75. The topological polar surface area (TPSA) is 46.5 Å². The molecule has 5 heteroatoms. The minimum atomic E-state index is -0.0741. The number of carbonyl (C=O) groups excluding carboxylic acids is 1. The number of aliphatic hydroxyl groups is 1. The molecule has 1 aromatic rings. The molecule has 0 unspecified atom stereocenters. The Kier molecular flexibility index (Phi) is 4.38. The van der Waals surface area contributed by atoms with Gasteiger partial charge in [0, 0.05) is 6.42 Å². The highest BCUT2D eigenvalue weighted by molar-refractivity contribution is 7.18. The van der Waals surface area contributed by atoms with Crippen molar-refractivity contribution in [2.24, 2.45) is 0 Å². The number of Topliss-reactive ketones (excluding diaryl/α,β-unsaturated/α-hetero) is 1. The van der Waals surface area contributed by atoms with Gasteiger partial charge in [0.15, 0.2) is 10.8 Å². The smallest absolute Gasteiger partial charge is 0.186 e. The van der Waals surface area contributed by atoms with Crippen LogP contribution < -0.4 is 4.74 Å². The molecule has 0 saturated heterocycles. The largest absolute Gasteiger partial charge is 0.481 e. The van der Waals surface area contributed by atoms with Gasteiger partial charge in [-0.15, -0.1) is 0 Å². The molecule has 1 aromatic heterocycles. The van der Waals surface area contributed by atoms with E-state index < -0.39 is 0 Å². The van der Waals surface area contributed by atoms with Crippen LogP contribution in [0.25, 0.3) is 0 Å². The second-order valence-corrected chi connectivity index (χ2v) is 4.25. The number of hydrogen-bond acceptors (Lipinski definition) is 4. The van der Waals surface area contributed by atoms with Gasteiger partial charge in [-0.3, -0.25) is 4.79 Å². The Labute approximate surface area is 91.3 Å². The van der Waals surface area contributed by atoms with E-state index in [4.69, 9.17) is 21.4 Å². The Balaban J connectivity index is 2.85. The van der Waals surface area contributed by atoms with Gasteiger partial charge in [-0.05, 0) is 6.07 Å². The monoisotopic (exact) mass is 234 g/mol. The number of rotatable bonds is 5. The average Bonchev–Trinajstić information content (AvgIpc) is 2.55. The lowest BCUT2D eigenvalue weighted by molar-refractivity contribution is 0.0983. The SMILES string of the molecule is CCC(=O)c1cc(Cl)sc1OCCO. The van der Waals surface area contributed by atoms with E-state index >= 15 is 0 Å². The number of thiophene rings is 1. The molecule has 0 fully saturated rings. The third kappa shape index (κ3) is 2.70. The number of ether oxygens (including phenoxy) is 1. The molecule has 0 aliphatic rings. The maximum absolute atomic E-state index is 11.4. The quantitative estimate of drug-likeness (QED) is 0.796. The third-order valence-corrected chi connectivity index (χ3v) is 2.79. The van der Waals surface area contributed by atoms with E-state index in [1.54, 1.807) is 13.0 Å². The standard InChI is InChI=1S/C9H11ClO3S/c1-2-7(12)6-5-8(10)14-9(6)13-4-3-11/h5,11H,2-4H2,1H3. The molecule has 0 aromatic carbocycles. The summed E-state index contributed by atoms with van der Waals surface area (Å²) in [5.74, 6) is 0.00101. The molecular weight excluding hydrogens is 224 g/mol. The number of carbonyl (C=O) groups is 1. The highest BCUT2D eigenvalue weighted by atomic mass is 35.5. The molecule has 0 amide bonds. The van der Waals surface area contributed by atoms with E-state index in [-0.39, 0.29) is 19.0 Å². The molecule has 0 saturated carbocycles. The third-order valence-electron chi connectivity index (χ3n) is 1.61. The van der Waals surface area contributed by atoms with Crippen molar-refractivity contribution in [3.05, 3.63) is 16.0 Å². The van der Waals surface area contributed by atoms with Gasteiger partial charge in [-0.25, -0.2) is 0 Å². The molecule has 0 atom stereocenters. The number of halogens is 1. The van der Waals surface area contributed by atoms with Gasteiger partial charge in [0.2, 0.25) is 0 Å². The molecule has 0 spiro atoms. The molecule has 0 aliphatic carbocycles. The lowest BCUT2D eigenvalue weighted by atomic mass is 10.2. The van der Waals surface area contributed by atoms with Crippen LogP contribution in [0, 0.1) is 0 Å².